The van der Waals surface area contributed by atoms with Gasteiger partial charge in [0.15, 0.2) is 0 Å². The average Bonchev–Trinajstić information content (AvgIpc) is 2.92. The van der Waals surface area contributed by atoms with Gasteiger partial charge >= 0.3 is 0 Å². The summed E-state index contributed by atoms with van der Waals surface area (Å²) >= 11 is 0. The SMILES string of the molecule is CC(C)OCc1cccc2c1N=C(Cn1cccc(N)c1=O)C2. The number of nitrogens with zero attached hydrogens (tertiary/aromatic N) is 2. The minimum Gasteiger partial charge on any atom is -0.394 e. The number of fused-ring (bicyclic) bond motifs is 1. The molecule has 1 aromatic heterocycles. The van der Waals surface area contributed by atoms with Crippen LogP contribution in [-0.4, -0.2) is 16.4 Å². The number of aliphatic imine (C=N–C) groups is 1. The molecule has 0 aliphatic carbocycles. The number of nitrogen functional groups attached to an aromatic ring is 1. The second-order valence-electron chi connectivity index (χ2n) is 6.04. The lowest BCUT2D eigenvalue weighted by Crippen LogP contribution is -2.25. The van der Waals surface area contributed by atoms with E-state index in [0.717, 1.165) is 23.4 Å². The summed E-state index contributed by atoms with van der Waals surface area (Å²) < 4.78 is 7.30. The number of anilines is 1. The maximum Gasteiger partial charge on any atom is 0.274 e. The van der Waals surface area contributed by atoms with Crippen LogP contribution in [0.2, 0.25) is 0 Å². The highest BCUT2D eigenvalue weighted by Crippen LogP contribution is 2.31. The van der Waals surface area contributed by atoms with Gasteiger partial charge in [0.2, 0.25) is 0 Å². The van der Waals surface area contributed by atoms with Crippen LogP contribution in [0.15, 0.2) is 46.3 Å². The van der Waals surface area contributed by atoms with Crippen molar-refractivity contribution in [2.45, 2.75) is 39.5 Å². The zero-order valence-electron chi connectivity index (χ0n) is 13.5. The number of pyridine rings is 1. The fraction of sp³-hybridized carbons (Fsp3) is 0.333. The van der Waals surface area contributed by atoms with E-state index in [0.29, 0.717) is 13.2 Å². The third-order valence-corrected chi connectivity index (χ3v) is 3.84. The molecule has 0 amide bonds. The molecule has 0 bridgehead atoms. The van der Waals surface area contributed by atoms with E-state index in [9.17, 15) is 4.79 Å². The van der Waals surface area contributed by atoms with Crippen molar-refractivity contribution in [2.24, 2.45) is 4.99 Å². The summed E-state index contributed by atoms with van der Waals surface area (Å²) in [5, 5.41) is 0. The first-order valence-corrected chi connectivity index (χ1v) is 7.78. The molecule has 0 radical (unpaired) electrons. The van der Waals surface area contributed by atoms with Gasteiger partial charge in [0.1, 0.15) is 0 Å². The smallest absolute Gasteiger partial charge is 0.274 e. The first-order valence-electron chi connectivity index (χ1n) is 7.78. The molecule has 5 nitrogen and oxygen atoms in total. The molecule has 2 N–H and O–H groups in total. The molecule has 0 atom stereocenters. The number of aromatic nitrogens is 1. The zero-order valence-corrected chi connectivity index (χ0v) is 13.5. The van der Waals surface area contributed by atoms with Gasteiger partial charge in [-0.3, -0.25) is 9.79 Å². The summed E-state index contributed by atoms with van der Waals surface area (Å²) in [6.07, 6.45) is 2.68. The molecule has 23 heavy (non-hydrogen) atoms. The van der Waals surface area contributed by atoms with Crippen molar-refractivity contribution in [3.63, 3.8) is 0 Å². The second kappa shape index (κ2) is 6.38. The molecule has 0 spiro atoms. The second-order valence-corrected chi connectivity index (χ2v) is 6.04. The van der Waals surface area contributed by atoms with Crippen LogP contribution >= 0.6 is 0 Å². The van der Waals surface area contributed by atoms with Gasteiger partial charge < -0.3 is 15.0 Å². The Morgan fingerprint density at radius 2 is 2.13 bits per heavy atom. The summed E-state index contributed by atoms with van der Waals surface area (Å²) in [5.74, 6) is 0. The molecule has 2 aromatic rings. The van der Waals surface area contributed by atoms with Crippen molar-refractivity contribution in [2.75, 3.05) is 5.73 Å². The van der Waals surface area contributed by atoms with Gasteiger partial charge in [-0.25, -0.2) is 0 Å². The van der Waals surface area contributed by atoms with Crippen molar-refractivity contribution in [3.8, 4) is 0 Å². The highest BCUT2D eigenvalue weighted by Gasteiger charge is 2.18. The minimum atomic E-state index is -0.172. The zero-order chi connectivity index (χ0) is 16.4. The fourth-order valence-corrected chi connectivity index (χ4v) is 2.69. The average molecular weight is 311 g/mol. The molecule has 2 heterocycles. The largest absolute Gasteiger partial charge is 0.394 e. The minimum absolute atomic E-state index is 0.172. The molecule has 120 valence electrons. The Morgan fingerprint density at radius 1 is 1.30 bits per heavy atom. The lowest BCUT2D eigenvalue weighted by atomic mass is 10.1. The summed E-state index contributed by atoms with van der Waals surface area (Å²) in [4.78, 5) is 16.8. The van der Waals surface area contributed by atoms with Crippen molar-refractivity contribution in [3.05, 3.63) is 58.0 Å². The van der Waals surface area contributed by atoms with Crippen LogP contribution in [0.4, 0.5) is 11.4 Å². The van der Waals surface area contributed by atoms with Gasteiger partial charge in [0.05, 0.1) is 30.6 Å². The van der Waals surface area contributed by atoms with E-state index in [1.807, 2.05) is 26.0 Å². The summed E-state index contributed by atoms with van der Waals surface area (Å²) in [5.41, 5.74) is 9.99. The number of ether oxygens (including phenoxy) is 1. The Bertz CT molecular complexity index is 806. The van der Waals surface area contributed by atoms with Gasteiger partial charge in [0.25, 0.3) is 5.56 Å². The van der Waals surface area contributed by atoms with Crippen molar-refractivity contribution < 1.29 is 4.74 Å². The molecule has 5 heteroatoms. The third kappa shape index (κ3) is 3.35. The topological polar surface area (TPSA) is 69.6 Å². The first-order chi connectivity index (χ1) is 11.0. The molecule has 0 saturated carbocycles. The first kappa shape index (κ1) is 15.5. The van der Waals surface area contributed by atoms with Crippen LogP contribution in [0.5, 0.6) is 0 Å². The maximum absolute atomic E-state index is 12.0. The highest BCUT2D eigenvalue weighted by atomic mass is 16.5. The number of hydrogen-bond acceptors (Lipinski definition) is 4. The number of benzene rings is 1. The van der Waals surface area contributed by atoms with E-state index in [1.54, 1.807) is 22.9 Å². The Kier molecular flexibility index (Phi) is 4.30. The number of para-hydroxylation sites is 1. The van der Waals surface area contributed by atoms with E-state index >= 15 is 0 Å². The lowest BCUT2D eigenvalue weighted by molar-refractivity contribution is 0.0660. The molecule has 3 rings (SSSR count). The monoisotopic (exact) mass is 311 g/mol. The molecular formula is C18H21N3O2. The third-order valence-electron chi connectivity index (χ3n) is 3.84. The summed E-state index contributed by atoms with van der Waals surface area (Å²) in [7, 11) is 0. The van der Waals surface area contributed by atoms with Crippen molar-refractivity contribution in [1.82, 2.24) is 4.57 Å². The Balaban J connectivity index is 1.83. The van der Waals surface area contributed by atoms with Gasteiger partial charge in [-0.05, 0) is 31.5 Å². The lowest BCUT2D eigenvalue weighted by Gasteiger charge is -2.09. The standard InChI is InChI=1S/C18H21N3O2/c1-12(2)23-11-14-6-3-5-13-9-15(20-17(13)14)10-21-8-4-7-16(19)18(21)22/h3-8,12H,9-11,19H2,1-2H3. The number of rotatable bonds is 5. The van der Waals surface area contributed by atoms with Crippen molar-refractivity contribution >= 4 is 17.1 Å². The fourth-order valence-electron chi connectivity index (χ4n) is 2.69. The van der Waals surface area contributed by atoms with Gasteiger partial charge in [0, 0.05) is 23.9 Å². The Hall–Kier alpha value is -2.40. The van der Waals surface area contributed by atoms with Crippen LogP contribution in [0.1, 0.15) is 25.0 Å². The molecule has 1 aliphatic heterocycles. The predicted molar refractivity (Wildman–Crippen MR) is 92.3 cm³/mol. The van der Waals surface area contributed by atoms with Crippen LogP contribution in [-0.2, 0) is 24.3 Å². The van der Waals surface area contributed by atoms with E-state index in [4.69, 9.17) is 15.5 Å². The van der Waals surface area contributed by atoms with E-state index in [2.05, 4.69) is 6.07 Å². The van der Waals surface area contributed by atoms with Gasteiger partial charge in [-0.2, -0.15) is 0 Å². The Morgan fingerprint density at radius 3 is 2.91 bits per heavy atom. The predicted octanol–water partition coefficient (Wildman–Crippen LogP) is 2.68. The maximum atomic E-state index is 12.0. The van der Waals surface area contributed by atoms with Crippen LogP contribution in [0.3, 0.4) is 0 Å². The molecule has 1 aliphatic rings. The highest BCUT2D eigenvalue weighted by molar-refractivity contribution is 5.94. The van der Waals surface area contributed by atoms with Crippen LogP contribution in [0.25, 0.3) is 0 Å². The quantitative estimate of drug-likeness (QED) is 0.923. The number of hydrogen-bond donors (Lipinski definition) is 1. The van der Waals surface area contributed by atoms with E-state index in [-0.39, 0.29) is 17.4 Å². The molecular weight excluding hydrogens is 290 g/mol. The van der Waals surface area contributed by atoms with Crippen LogP contribution in [0, 0.1) is 0 Å². The van der Waals surface area contributed by atoms with Crippen molar-refractivity contribution in [1.29, 1.82) is 0 Å². The number of nitrogens with two attached hydrogens (primary N) is 1. The molecule has 0 unspecified atom stereocenters. The molecule has 0 saturated heterocycles. The van der Waals surface area contributed by atoms with Gasteiger partial charge in [-0.15, -0.1) is 0 Å². The molecule has 1 aromatic carbocycles. The summed E-state index contributed by atoms with van der Waals surface area (Å²) in [6, 6.07) is 9.54. The van der Waals surface area contributed by atoms with E-state index < -0.39 is 0 Å². The van der Waals surface area contributed by atoms with Gasteiger partial charge in [-0.1, -0.05) is 18.2 Å². The summed E-state index contributed by atoms with van der Waals surface area (Å²) in [6.45, 7) is 5.05. The Labute approximate surface area is 135 Å². The molecule has 0 fully saturated rings. The van der Waals surface area contributed by atoms with E-state index in [1.165, 1.54) is 5.56 Å². The normalized spacial score (nSPS) is 13.3. The van der Waals surface area contributed by atoms with Crippen LogP contribution < -0.4 is 11.3 Å².